The molecule has 1 heterocycles. The Labute approximate surface area is 74.2 Å². The van der Waals surface area contributed by atoms with E-state index in [0.717, 1.165) is 10.9 Å². The second-order valence-electron chi connectivity index (χ2n) is 2.40. The Morgan fingerprint density at radius 2 is 2.15 bits per heavy atom. The Morgan fingerprint density at radius 3 is 3.00 bits per heavy atom. The number of rotatable bonds is 2. The highest BCUT2D eigenvalue weighted by molar-refractivity contribution is 5.77. The van der Waals surface area contributed by atoms with Crippen molar-refractivity contribution >= 4 is 17.4 Å². The molecular weight excluding hydrogens is 168 g/mol. The second kappa shape index (κ2) is 3.18. The zero-order valence-electron chi connectivity index (χ0n) is 6.60. The van der Waals surface area contributed by atoms with Crippen LogP contribution in [0.4, 0.5) is 0 Å². The van der Waals surface area contributed by atoms with Gasteiger partial charge in [-0.25, -0.2) is 9.78 Å². The molecule has 0 fully saturated rings. The van der Waals surface area contributed by atoms with Crippen molar-refractivity contribution < 1.29 is 9.53 Å². The average molecular weight is 173 g/mol. The van der Waals surface area contributed by atoms with Crippen LogP contribution in [0.15, 0.2) is 30.5 Å². The van der Waals surface area contributed by atoms with E-state index in [0.29, 0.717) is 0 Å². The maximum Gasteiger partial charge on any atom is 0.425 e. The van der Waals surface area contributed by atoms with Gasteiger partial charge in [0.05, 0.1) is 5.52 Å². The third kappa shape index (κ3) is 1.46. The van der Waals surface area contributed by atoms with Crippen molar-refractivity contribution in [1.82, 2.24) is 9.97 Å². The number of nitrogens with zero attached hydrogens (tertiary/aromatic N) is 2. The van der Waals surface area contributed by atoms with Crippen LogP contribution in [0.2, 0.25) is 0 Å². The number of carbonyl (C=O) groups excluding carboxylic acids is 1. The summed E-state index contributed by atoms with van der Waals surface area (Å²) in [6.45, 7) is 1.27. The first-order valence-electron chi connectivity index (χ1n) is 3.66. The fourth-order valence-corrected chi connectivity index (χ4v) is 1.04. The topological polar surface area (TPSA) is 52.1 Å². The van der Waals surface area contributed by atoms with Crippen LogP contribution in [-0.4, -0.2) is 16.4 Å². The van der Waals surface area contributed by atoms with Crippen LogP contribution in [0.25, 0.3) is 10.9 Å². The zero-order chi connectivity index (χ0) is 9.10. The molecule has 13 heavy (non-hydrogen) atoms. The first-order valence-corrected chi connectivity index (χ1v) is 3.66. The van der Waals surface area contributed by atoms with Crippen molar-refractivity contribution in [3.8, 4) is 6.01 Å². The summed E-state index contributed by atoms with van der Waals surface area (Å²) in [6, 6.07) is 7.45. The van der Waals surface area contributed by atoms with Crippen molar-refractivity contribution in [2.45, 2.75) is 0 Å². The van der Waals surface area contributed by atoms with Crippen molar-refractivity contribution in [1.29, 1.82) is 0 Å². The summed E-state index contributed by atoms with van der Waals surface area (Å²) < 4.78 is 4.39. The summed E-state index contributed by atoms with van der Waals surface area (Å²) in [5.74, 6) is 0. The van der Waals surface area contributed by atoms with Gasteiger partial charge in [-0.3, -0.25) is 0 Å². The predicted octanol–water partition coefficient (Wildman–Crippen LogP) is 1.08. The number of para-hydroxylation sites is 1. The SMILES string of the molecule is O=[C]Oc1ncc2ccccc2n1. The fourth-order valence-electron chi connectivity index (χ4n) is 1.04. The fraction of sp³-hybridized carbons (Fsp3) is 0. The Hall–Kier alpha value is -1.97. The molecule has 0 N–H and O–H groups in total. The molecular formula is C9H5N2O2. The number of fused-ring (bicyclic) bond motifs is 1. The lowest BCUT2D eigenvalue weighted by molar-refractivity contribution is 0.423. The number of hydrogen-bond donors (Lipinski definition) is 0. The summed E-state index contributed by atoms with van der Waals surface area (Å²) >= 11 is 0. The second-order valence-corrected chi connectivity index (χ2v) is 2.40. The van der Waals surface area contributed by atoms with Gasteiger partial charge in [-0.2, -0.15) is 4.98 Å². The number of benzene rings is 1. The molecule has 0 aliphatic rings. The summed E-state index contributed by atoms with van der Waals surface area (Å²) in [6.07, 6.45) is 1.59. The van der Waals surface area contributed by atoms with Gasteiger partial charge in [0.15, 0.2) is 0 Å². The predicted molar refractivity (Wildman–Crippen MR) is 45.9 cm³/mol. The molecule has 4 heteroatoms. The minimum atomic E-state index is 0.0219. The zero-order valence-corrected chi connectivity index (χ0v) is 6.60. The maximum atomic E-state index is 9.88. The third-order valence-corrected chi connectivity index (χ3v) is 1.60. The van der Waals surface area contributed by atoms with E-state index in [1.807, 2.05) is 24.3 Å². The molecule has 4 nitrogen and oxygen atoms in total. The van der Waals surface area contributed by atoms with E-state index in [1.54, 1.807) is 6.20 Å². The van der Waals surface area contributed by atoms with Gasteiger partial charge in [0, 0.05) is 11.6 Å². The molecule has 0 aliphatic heterocycles. The molecule has 0 spiro atoms. The number of hydrogen-bond acceptors (Lipinski definition) is 4. The number of aromatic nitrogens is 2. The summed E-state index contributed by atoms with van der Waals surface area (Å²) in [4.78, 5) is 17.7. The van der Waals surface area contributed by atoms with Gasteiger partial charge in [-0.05, 0) is 6.07 Å². The monoisotopic (exact) mass is 173 g/mol. The summed E-state index contributed by atoms with van der Waals surface area (Å²) in [7, 11) is 0. The minimum absolute atomic E-state index is 0.0219. The Bertz CT molecular complexity index is 442. The maximum absolute atomic E-state index is 9.88. The van der Waals surface area contributed by atoms with Crippen LogP contribution in [0.5, 0.6) is 6.01 Å². The van der Waals surface area contributed by atoms with Gasteiger partial charge in [0.1, 0.15) is 0 Å². The van der Waals surface area contributed by atoms with Crippen LogP contribution in [-0.2, 0) is 4.79 Å². The smallest absolute Gasteiger partial charge is 0.382 e. The largest absolute Gasteiger partial charge is 0.425 e. The Kier molecular flexibility index (Phi) is 1.88. The highest BCUT2D eigenvalue weighted by Crippen LogP contribution is 2.12. The van der Waals surface area contributed by atoms with E-state index in [2.05, 4.69) is 14.7 Å². The molecule has 0 atom stereocenters. The Morgan fingerprint density at radius 1 is 1.31 bits per heavy atom. The van der Waals surface area contributed by atoms with E-state index in [-0.39, 0.29) is 6.01 Å². The van der Waals surface area contributed by atoms with Gasteiger partial charge >= 0.3 is 12.5 Å². The molecule has 2 aromatic rings. The van der Waals surface area contributed by atoms with Crippen LogP contribution in [0.3, 0.4) is 0 Å². The lowest BCUT2D eigenvalue weighted by Gasteiger charge is -1.96. The average Bonchev–Trinajstić information content (AvgIpc) is 2.18. The molecule has 0 unspecified atom stereocenters. The van der Waals surface area contributed by atoms with Crippen LogP contribution < -0.4 is 4.74 Å². The molecule has 0 saturated heterocycles. The number of ether oxygens (including phenoxy) is 1. The molecule has 1 radical (unpaired) electrons. The van der Waals surface area contributed by atoms with E-state index < -0.39 is 0 Å². The van der Waals surface area contributed by atoms with Crippen molar-refractivity contribution in [2.24, 2.45) is 0 Å². The first-order chi connectivity index (χ1) is 6.40. The molecule has 0 bridgehead atoms. The molecule has 63 valence electrons. The lowest BCUT2D eigenvalue weighted by atomic mass is 10.2. The molecule has 0 amide bonds. The summed E-state index contributed by atoms with van der Waals surface area (Å²) in [5.41, 5.74) is 0.739. The summed E-state index contributed by atoms with van der Waals surface area (Å²) in [5, 5.41) is 0.903. The molecule has 2 rings (SSSR count). The standard InChI is InChI=1S/C9H5N2O2/c12-6-13-9-10-5-7-3-1-2-4-8(7)11-9/h1-5H. The molecule has 1 aromatic carbocycles. The third-order valence-electron chi connectivity index (χ3n) is 1.60. The highest BCUT2D eigenvalue weighted by atomic mass is 16.5. The van der Waals surface area contributed by atoms with Gasteiger partial charge < -0.3 is 4.74 Å². The van der Waals surface area contributed by atoms with Crippen LogP contribution >= 0.6 is 0 Å². The minimum Gasteiger partial charge on any atom is -0.382 e. The molecule has 0 aliphatic carbocycles. The van der Waals surface area contributed by atoms with E-state index in [1.165, 1.54) is 6.47 Å². The molecule has 0 saturated carbocycles. The van der Waals surface area contributed by atoms with E-state index >= 15 is 0 Å². The van der Waals surface area contributed by atoms with E-state index in [4.69, 9.17) is 0 Å². The van der Waals surface area contributed by atoms with Crippen molar-refractivity contribution in [3.05, 3.63) is 30.5 Å². The van der Waals surface area contributed by atoms with E-state index in [9.17, 15) is 4.79 Å². The van der Waals surface area contributed by atoms with Crippen LogP contribution in [0, 0.1) is 0 Å². The van der Waals surface area contributed by atoms with Gasteiger partial charge in [0.25, 0.3) is 0 Å². The molecule has 1 aromatic heterocycles. The van der Waals surface area contributed by atoms with Gasteiger partial charge in [-0.1, -0.05) is 18.2 Å². The Balaban J connectivity index is 2.55. The highest BCUT2D eigenvalue weighted by Gasteiger charge is 1.98. The van der Waals surface area contributed by atoms with Crippen molar-refractivity contribution in [3.63, 3.8) is 0 Å². The van der Waals surface area contributed by atoms with Gasteiger partial charge in [0.2, 0.25) is 0 Å². The quantitative estimate of drug-likeness (QED) is 0.681. The lowest BCUT2D eigenvalue weighted by Crippen LogP contribution is -1.94. The first kappa shape index (κ1) is 7.67. The normalized spacial score (nSPS) is 9.85. The van der Waals surface area contributed by atoms with Crippen LogP contribution in [0.1, 0.15) is 0 Å². The van der Waals surface area contributed by atoms with Gasteiger partial charge in [-0.15, -0.1) is 0 Å². The van der Waals surface area contributed by atoms with Crippen molar-refractivity contribution in [2.75, 3.05) is 0 Å².